The number of β-lactam (4-membered cyclic amide) rings is 1. The second-order valence-electron chi connectivity index (χ2n) is 7.78. The molecule has 2 aromatic carbocycles. The number of benzene rings is 2. The molecule has 180 valence electrons. The number of esters is 1. The zero-order chi connectivity index (χ0) is 25.1. The van der Waals surface area contributed by atoms with E-state index in [-0.39, 0.29) is 47.2 Å². The van der Waals surface area contributed by atoms with Crippen LogP contribution in [-0.4, -0.2) is 55.9 Å². The number of nitro benzene ring substituents is 1. The molecule has 1 fully saturated rings. The third-order valence-corrected chi connectivity index (χ3v) is 6.75. The van der Waals surface area contributed by atoms with Gasteiger partial charge < -0.3 is 15.2 Å². The maximum absolute atomic E-state index is 12.7. The Morgan fingerprint density at radius 1 is 1.11 bits per heavy atom. The maximum atomic E-state index is 12.7. The van der Waals surface area contributed by atoms with E-state index in [1.165, 1.54) is 36.0 Å². The lowest BCUT2D eigenvalue weighted by atomic mass is 10.0. The van der Waals surface area contributed by atoms with Crippen LogP contribution in [0.5, 0.6) is 5.75 Å². The predicted molar refractivity (Wildman–Crippen MR) is 123 cm³/mol. The van der Waals surface area contributed by atoms with Gasteiger partial charge in [0.2, 0.25) is 5.91 Å². The van der Waals surface area contributed by atoms with Gasteiger partial charge in [0.25, 0.3) is 11.6 Å². The van der Waals surface area contributed by atoms with Crippen LogP contribution in [-0.2, 0) is 25.6 Å². The molecule has 0 bridgehead atoms. The monoisotopic (exact) mass is 497 g/mol. The van der Waals surface area contributed by atoms with Crippen LogP contribution in [0, 0.1) is 10.1 Å². The van der Waals surface area contributed by atoms with Crippen molar-refractivity contribution < 1.29 is 33.9 Å². The molecule has 2 atom stereocenters. The summed E-state index contributed by atoms with van der Waals surface area (Å²) in [5.74, 6) is -2.84. The number of hydrogen-bond acceptors (Lipinski definition) is 8. The number of aliphatic carboxylic acids is 1. The Kier molecular flexibility index (Phi) is 6.82. The van der Waals surface area contributed by atoms with E-state index >= 15 is 0 Å². The number of carboxylic acid groups (broad SMARTS) is 1. The second kappa shape index (κ2) is 9.97. The molecule has 2 aliphatic heterocycles. The molecule has 0 aliphatic carbocycles. The Hall–Kier alpha value is -4.19. The first kappa shape index (κ1) is 24.0. The van der Waals surface area contributed by atoms with Crippen molar-refractivity contribution in [2.24, 2.45) is 0 Å². The number of fused-ring (bicyclic) bond motifs is 1. The minimum atomic E-state index is -1.36. The van der Waals surface area contributed by atoms with Crippen LogP contribution < -0.4 is 10.1 Å². The summed E-state index contributed by atoms with van der Waals surface area (Å²) in [6.07, 6.45) is -0.295. The summed E-state index contributed by atoms with van der Waals surface area (Å²) in [7, 11) is 0. The first-order valence-electron chi connectivity index (χ1n) is 10.4. The van der Waals surface area contributed by atoms with E-state index in [0.29, 0.717) is 0 Å². The summed E-state index contributed by atoms with van der Waals surface area (Å²) >= 11 is 1.24. The minimum absolute atomic E-state index is 0.0700. The smallest absolute Gasteiger partial charge is 0.352 e. The molecule has 2 N–H and O–H groups in total. The van der Waals surface area contributed by atoms with E-state index in [0.717, 1.165) is 10.5 Å². The van der Waals surface area contributed by atoms with Gasteiger partial charge in [-0.15, -0.1) is 11.8 Å². The number of carboxylic acids is 1. The number of nitro groups is 1. The molecule has 1 unspecified atom stereocenters. The van der Waals surface area contributed by atoms with E-state index in [4.69, 9.17) is 4.74 Å². The minimum Gasteiger partial charge on any atom is -0.477 e. The molecule has 4 rings (SSSR count). The Bertz CT molecular complexity index is 1230. The first-order chi connectivity index (χ1) is 16.7. The number of amides is 2. The van der Waals surface area contributed by atoms with Crippen molar-refractivity contribution in [3.63, 3.8) is 0 Å². The summed E-state index contributed by atoms with van der Waals surface area (Å²) in [6, 6.07) is 13.0. The van der Waals surface area contributed by atoms with Crippen molar-refractivity contribution in [1.29, 1.82) is 0 Å². The molecule has 0 radical (unpaired) electrons. The van der Waals surface area contributed by atoms with Crippen LogP contribution in [0.1, 0.15) is 12.0 Å². The van der Waals surface area contributed by atoms with Crippen LogP contribution >= 0.6 is 11.8 Å². The third-order valence-electron chi connectivity index (χ3n) is 5.41. The third kappa shape index (κ3) is 5.17. The van der Waals surface area contributed by atoms with Gasteiger partial charge in [0.1, 0.15) is 22.9 Å². The van der Waals surface area contributed by atoms with Crippen LogP contribution in [0.25, 0.3) is 0 Å². The molecular weight excluding hydrogens is 478 g/mol. The van der Waals surface area contributed by atoms with E-state index in [2.05, 4.69) is 5.32 Å². The van der Waals surface area contributed by atoms with Crippen molar-refractivity contribution >= 4 is 41.2 Å². The molecule has 11 nitrogen and oxygen atoms in total. The van der Waals surface area contributed by atoms with Crippen molar-refractivity contribution in [3.05, 3.63) is 81.5 Å². The summed E-state index contributed by atoms with van der Waals surface area (Å²) in [5, 5.41) is 22.5. The molecule has 0 spiro atoms. The number of ether oxygens (including phenoxy) is 1. The molecule has 0 saturated carbocycles. The lowest BCUT2D eigenvalue weighted by Crippen LogP contribution is -2.70. The van der Waals surface area contributed by atoms with E-state index in [9.17, 15) is 34.4 Å². The largest absolute Gasteiger partial charge is 0.477 e. The molecular formula is C23H19N3O8S. The fraction of sp³-hybridized carbons (Fsp3) is 0.217. The Morgan fingerprint density at radius 3 is 2.43 bits per heavy atom. The van der Waals surface area contributed by atoms with Gasteiger partial charge in [-0.05, 0) is 23.3 Å². The fourth-order valence-electron chi connectivity index (χ4n) is 3.80. The Balaban J connectivity index is 1.41. The fourth-order valence-corrected chi connectivity index (χ4v) is 5.15. The average molecular weight is 497 g/mol. The van der Waals surface area contributed by atoms with Crippen molar-refractivity contribution in [3.8, 4) is 5.75 Å². The number of nitrogens with zero attached hydrogens (tertiary/aromatic N) is 2. The summed E-state index contributed by atoms with van der Waals surface area (Å²) in [5.41, 5.74) is 0.517. The van der Waals surface area contributed by atoms with Crippen LogP contribution in [0.3, 0.4) is 0 Å². The number of thioether (sulfide) groups is 1. The number of nitrogens with one attached hydrogen (secondary N) is 1. The van der Waals surface area contributed by atoms with E-state index in [1.807, 2.05) is 6.07 Å². The van der Waals surface area contributed by atoms with Gasteiger partial charge in [-0.3, -0.25) is 29.4 Å². The summed E-state index contributed by atoms with van der Waals surface area (Å²) < 4.78 is 5.16. The molecule has 12 heteroatoms. The molecule has 2 aliphatic rings. The summed E-state index contributed by atoms with van der Waals surface area (Å²) in [6.45, 7) is 0. The average Bonchev–Trinajstić information content (AvgIpc) is 2.83. The lowest BCUT2D eigenvalue weighted by molar-refractivity contribution is -0.384. The number of carbonyl (C=O) groups excluding carboxylic acids is 3. The van der Waals surface area contributed by atoms with Crippen LogP contribution in [0.15, 0.2) is 65.9 Å². The predicted octanol–water partition coefficient (Wildman–Crippen LogP) is 1.87. The molecule has 2 amide bonds. The van der Waals surface area contributed by atoms with Crippen LogP contribution in [0.4, 0.5) is 5.69 Å². The molecule has 1 saturated heterocycles. The van der Waals surface area contributed by atoms with Gasteiger partial charge >= 0.3 is 11.9 Å². The normalized spacial score (nSPS) is 18.9. The van der Waals surface area contributed by atoms with Gasteiger partial charge in [0, 0.05) is 17.9 Å². The highest BCUT2D eigenvalue weighted by Crippen LogP contribution is 2.41. The number of carbonyl (C=O) groups is 4. The number of rotatable bonds is 8. The molecule has 0 aromatic heterocycles. The molecule has 2 heterocycles. The van der Waals surface area contributed by atoms with Gasteiger partial charge in [-0.2, -0.15) is 0 Å². The van der Waals surface area contributed by atoms with Gasteiger partial charge in [0.15, 0.2) is 0 Å². The highest BCUT2D eigenvalue weighted by Gasteiger charge is 2.54. The second-order valence-corrected chi connectivity index (χ2v) is 8.88. The van der Waals surface area contributed by atoms with Gasteiger partial charge in [-0.1, -0.05) is 30.3 Å². The van der Waals surface area contributed by atoms with Gasteiger partial charge in [0.05, 0.1) is 17.8 Å². The quantitative estimate of drug-likeness (QED) is 0.183. The zero-order valence-electron chi connectivity index (χ0n) is 18.1. The Morgan fingerprint density at radius 2 is 1.80 bits per heavy atom. The van der Waals surface area contributed by atoms with Crippen molar-refractivity contribution in [2.45, 2.75) is 24.3 Å². The lowest BCUT2D eigenvalue weighted by Gasteiger charge is -2.49. The number of non-ortho nitro benzene ring substituents is 1. The first-order valence-corrected chi connectivity index (χ1v) is 11.5. The number of hydrogen-bond donors (Lipinski definition) is 2. The van der Waals surface area contributed by atoms with Crippen molar-refractivity contribution in [2.75, 3.05) is 5.75 Å². The maximum Gasteiger partial charge on any atom is 0.352 e. The highest BCUT2D eigenvalue weighted by atomic mass is 32.2. The standard InChI is InChI=1S/C23H19N3O8S/c27-17(10-13-4-2-1-3-5-13)24-19-21(29)25-20(23(30)31)14(12-35-22(19)25)11-18(28)34-16-8-6-15(7-9-16)26(32)33/h1-9,19,22H,10-12H2,(H,24,27)(H,30,31)/t19?,22-/m0/s1. The molecule has 2 aromatic rings. The van der Waals surface area contributed by atoms with E-state index < -0.39 is 34.2 Å². The highest BCUT2D eigenvalue weighted by molar-refractivity contribution is 8.00. The molecule has 35 heavy (non-hydrogen) atoms. The topological polar surface area (TPSA) is 156 Å². The SMILES string of the molecule is O=C(Cc1ccccc1)NC1C(=O)N2C(C(=O)O)=C(CC(=O)Oc3ccc([N+](=O)[O-])cc3)CS[C@@H]12. The Labute approximate surface area is 202 Å². The van der Waals surface area contributed by atoms with E-state index in [1.54, 1.807) is 24.3 Å². The zero-order valence-corrected chi connectivity index (χ0v) is 18.9. The van der Waals surface area contributed by atoms with Gasteiger partial charge in [-0.25, -0.2) is 4.79 Å². The van der Waals surface area contributed by atoms with Crippen LogP contribution in [0.2, 0.25) is 0 Å². The summed E-state index contributed by atoms with van der Waals surface area (Å²) in [4.78, 5) is 60.7. The van der Waals surface area contributed by atoms with Crippen molar-refractivity contribution in [1.82, 2.24) is 10.2 Å².